The van der Waals surface area contributed by atoms with E-state index in [1.807, 2.05) is 0 Å². The number of esters is 1. The monoisotopic (exact) mass is 408 g/mol. The van der Waals surface area contributed by atoms with E-state index in [2.05, 4.69) is 9.72 Å². The van der Waals surface area contributed by atoms with Crippen LogP contribution in [0.1, 0.15) is 12.6 Å². The quantitative estimate of drug-likeness (QED) is 0.561. The minimum atomic E-state index is -4.80. The molecule has 1 aromatic carbocycles. The molecule has 0 fully saturated rings. The number of rotatable bonds is 5. The van der Waals surface area contributed by atoms with E-state index in [1.165, 1.54) is 0 Å². The number of ether oxygens (including phenoxy) is 2. The molecule has 11 heteroatoms. The zero-order valence-electron chi connectivity index (χ0n) is 14.1. The maximum atomic E-state index is 14.2. The van der Waals surface area contributed by atoms with Gasteiger partial charge in [-0.3, -0.25) is 4.79 Å². The van der Waals surface area contributed by atoms with Crippen LogP contribution in [-0.2, 0) is 22.8 Å². The van der Waals surface area contributed by atoms with Gasteiger partial charge in [0.1, 0.15) is 23.0 Å². The third kappa shape index (κ3) is 4.57. The van der Waals surface area contributed by atoms with Gasteiger partial charge in [0.05, 0.1) is 17.8 Å². The third-order valence-electron chi connectivity index (χ3n) is 3.40. The number of halogens is 5. The molecule has 0 radical (unpaired) electrons. The fraction of sp³-hybridized carbons (Fsp3) is 0.312. The molecule has 0 unspecified atom stereocenters. The summed E-state index contributed by atoms with van der Waals surface area (Å²) >= 11 is 5.84. The zero-order chi connectivity index (χ0) is 20.4. The highest BCUT2D eigenvalue weighted by molar-refractivity contribution is 6.32. The Bertz CT molecular complexity index is 928. The lowest BCUT2D eigenvalue weighted by atomic mass is 10.1. The van der Waals surface area contributed by atoms with Crippen LogP contribution in [0.25, 0.3) is 11.3 Å². The molecular formula is C16H13ClF4N2O4. The Labute approximate surface area is 155 Å². The number of aromatic nitrogens is 2. The molecule has 146 valence electrons. The van der Waals surface area contributed by atoms with Crippen molar-refractivity contribution in [3.63, 3.8) is 0 Å². The SMILES string of the molecule is CCOC(=O)COc1cc(-c2ncc(C(F)(F)F)n(C)c2=O)c(F)cc1Cl. The summed E-state index contributed by atoms with van der Waals surface area (Å²) in [5.41, 5.74) is -3.44. The number of carbonyl (C=O) groups excluding carboxylic acids is 1. The lowest BCUT2D eigenvalue weighted by molar-refractivity contribution is -0.145. The summed E-state index contributed by atoms with van der Waals surface area (Å²) in [7, 11) is 0.891. The topological polar surface area (TPSA) is 70.4 Å². The van der Waals surface area contributed by atoms with Crippen molar-refractivity contribution >= 4 is 17.6 Å². The second kappa shape index (κ2) is 7.95. The van der Waals surface area contributed by atoms with Gasteiger partial charge in [-0.25, -0.2) is 14.2 Å². The predicted octanol–water partition coefficient (Wildman–Crippen LogP) is 3.20. The molecule has 1 aromatic heterocycles. The molecule has 0 aliphatic carbocycles. The van der Waals surface area contributed by atoms with Crippen molar-refractivity contribution in [3.8, 4) is 17.0 Å². The van der Waals surface area contributed by atoms with Crippen LogP contribution in [0.5, 0.6) is 5.75 Å². The summed E-state index contributed by atoms with van der Waals surface area (Å²) in [6.07, 6.45) is -4.38. The third-order valence-corrected chi connectivity index (χ3v) is 3.70. The molecule has 0 aliphatic rings. The smallest absolute Gasteiger partial charge is 0.433 e. The first kappa shape index (κ1) is 20.7. The number of hydrogen-bond donors (Lipinski definition) is 0. The maximum absolute atomic E-state index is 14.2. The molecule has 0 bridgehead atoms. The lowest BCUT2D eigenvalue weighted by Gasteiger charge is -2.14. The molecule has 0 spiro atoms. The first-order valence-electron chi connectivity index (χ1n) is 7.47. The van der Waals surface area contributed by atoms with Gasteiger partial charge in [0, 0.05) is 12.6 Å². The predicted molar refractivity (Wildman–Crippen MR) is 87.0 cm³/mol. The van der Waals surface area contributed by atoms with Crippen LogP contribution < -0.4 is 10.3 Å². The van der Waals surface area contributed by atoms with Crippen LogP contribution in [0.2, 0.25) is 5.02 Å². The first-order valence-corrected chi connectivity index (χ1v) is 7.85. The van der Waals surface area contributed by atoms with Gasteiger partial charge in [-0.1, -0.05) is 11.6 Å². The number of carbonyl (C=O) groups is 1. The lowest BCUT2D eigenvalue weighted by Crippen LogP contribution is -2.28. The largest absolute Gasteiger partial charge is 0.480 e. The van der Waals surface area contributed by atoms with Crippen LogP contribution in [0.4, 0.5) is 17.6 Å². The normalized spacial score (nSPS) is 11.4. The minimum absolute atomic E-state index is 0.121. The minimum Gasteiger partial charge on any atom is -0.480 e. The Balaban J connectivity index is 2.47. The molecule has 6 nitrogen and oxygen atoms in total. The highest BCUT2D eigenvalue weighted by Gasteiger charge is 2.35. The molecular weight excluding hydrogens is 396 g/mol. The van der Waals surface area contributed by atoms with Crippen molar-refractivity contribution in [2.45, 2.75) is 13.1 Å². The summed E-state index contributed by atoms with van der Waals surface area (Å²) in [6, 6.07) is 1.78. The van der Waals surface area contributed by atoms with Gasteiger partial charge in [0.15, 0.2) is 6.61 Å². The Morgan fingerprint density at radius 1 is 1.33 bits per heavy atom. The molecule has 0 aliphatic heterocycles. The molecule has 2 rings (SSSR count). The molecule has 0 N–H and O–H groups in total. The Morgan fingerprint density at radius 2 is 2.00 bits per heavy atom. The molecule has 0 amide bonds. The van der Waals surface area contributed by atoms with Crippen molar-refractivity contribution in [1.82, 2.24) is 9.55 Å². The number of alkyl halides is 3. The van der Waals surface area contributed by atoms with Crippen molar-refractivity contribution < 1.29 is 31.8 Å². The van der Waals surface area contributed by atoms with Gasteiger partial charge < -0.3 is 14.0 Å². The van der Waals surface area contributed by atoms with E-state index in [0.717, 1.165) is 19.2 Å². The fourth-order valence-corrected chi connectivity index (χ4v) is 2.35. The highest BCUT2D eigenvalue weighted by Crippen LogP contribution is 2.33. The highest BCUT2D eigenvalue weighted by atomic mass is 35.5. The van der Waals surface area contributed by atoms with Gasteiger partial charge in [-0.2, -0.15) is 13.2 Å². The van der Waals surface area contributed by atoms with E-state index in [0.29, 0.717) is 10.8 Å². The Morgan fingerprint density at radius 3 is 2.59 bits per heavy atom. The van der Waals surface area contributed by atoms with Crippen molar-refractivity contribution in [2.24, 2.45) is 7.05 Å². The Hall–Kier alpha value is -2.62. The summed E-state index contributed by atoms with van der Waals surface area (Å²) in [5.74, 6) is -1.86. The zero-order valence-corrected chi connectivity index (χ0v) is 14.8. The standard InChI is InChI=1S/C16H13ClF4N2O4/c1-3-26-13(24)7-27-11-4-8(10(18)5-9(11)17)14-15(25)23(2)12(6-22-14)16(19,20)21/h4-6H,3,7H2,1-2H3. The van der Waals surface area contributed by atoms with Crippen molar-refractivity contribution in [3.05, 3.63) is 45.2 Å². The summed E-state index contributed by atoms with van der Waals surface area (Å²) in [6.45, 7) is 1.18. The fourth-order valence-electron chi connectivity index (χ4n) is 2.14. The number of benzene rings is 1. The van der Waals surface area contributed by atoms with Gasteiger partial charge in [0.2, 0.25) is 0 Å². The van der Waals surface area contributed by atoms with Crippen LogP contribution in [-0.4, -0.2) is 28.7 Å². The average Bonchev–Trinajstić information content (AvgIpc) is 2.56. The van der Waals surface area contributed by atoms with E-state index in [9.17, 15) is 27.2 Å². The van der Waals surface area contributed by atoms with E-state index in [4.69, 9.17) is 16.3 Å². The van der Waals surface area contributed by atoms with E-state index >= 15 is 0 Å². The van der Waals surface area contributed by atoms with E-state index < -0.39 is 47.1 Å². The van der Waals surface area contributed by atoms with Gasteiger partial charge in [0.25, 0.3) is 5.56 Å². The van der Waals surface area contributed by atoms with E-state index in [1.54, 1.807) is 6.92 Å². The molecule has 0 saturated heterocycles. The van der Waals surface area contributed by atoms with Crippen LogP contribution in [0.15, 0.2) is 23.1 Å². The second-order valence-electron chi connectivity index (χ2n) is 5.21. The molecule has 1 heterocycles. The Kier molecular flexibility index (Phi) is 6.09. The molecule has 27 heavy (non-hydrogen) atoms. The number of nitrogens with zero attached hydrogens (tertiary/aromatic N) is 2. The van der Waals surface area contributed by atoms with Crippen LogP contribution in [0, 0.1) is 5.82 Å². The van der Waals surface area contributed by atoms with Crippen molar-refractivity contribution in [1.29, 1.82) is 0 Å². The average molecular weight is 409 g/mol. The summed E-state index contributed by atoms with van der Waals surface area (Å²) in [4.78, 5) is 27.0. The van der Waals surface area contributed by atoms with Crippen molar-refractivity contribution in [2.75, 3.05) is 13.2 Å². The second-order valence-corrected chi connectivity index (χ2v) is 5.62. The summed E-state index contributed by atoms with van der Waals surface area (Å²) < 4.78 is 62.9. The molecule has 2 aromatic rings. The van der Waals surface area contributed by atoms with Gasteiger partial charge in [-0.05, 0) is 19.1 Å². The maximum Gasteiger partial charge on any atom is 0.433 e. The van der Waals surface area contributed by atoms with Gasteiger partial charge in [-0.15, -0.1) is 0 Å². The van der Waals surface area contributed by atoms with Gasteiger partial charge >= 0.3 is 12.1 Å². The number of hydrogen-bond acceptors (Lipinski definition) is 5. The van der Waals surface area contributed by atoms with Crippen LogP contribution >= 0.6 is 11.6 Å². The first-order chi connectivity index (χ1) is 12.6. The summed E-state index contributed by atoms with van der Waals surface area (Å²) in [5, 5.41) is -0.204. The molecule has 0 saturated carbocycles. The van der Waals surface area contributed by atoms with E-state index in [-0.39, 0.29) is 17.4 Å². The molecule has 0 atom stereocenters. The van der Waals surface area contributed by atoms with Crippen LogP contribution in [0.3, 0.4) is 0 Å².